The van der Waals surface area contributed by atoms with Crippen LogP contribution in [0.15, 0.2) is 65.6 Å². The third-order valence-corrected chi connectivity index (χ3v) is 10.5. The van der Waals surface area contributed by atoms with E-state index in [4.69, 9.17) is 9.84 Å². The Kier molecular flexibility index (Phi) is 8.79. The third kappa shape index (κ3) is 6.67. The van der Waals surface area contributed by atoms with Crippen LogP contribution in [0.2, 0.25) is 0 Å². The number of halogens is 3. The number of hydrogen-bond donors (Lipinski definition) is 2. The normalized spacial score (nSPS) is 22.5. The van der Waals surface area contributed by atoms with Gasteiger partial charge in [-0.2, -0.15) is 18.3 Å². The number of ether oxygens (including phenoxy) is 1. The standard InChI is InChI=1S/C37H37F3N8O5/c1-45-33-28(5-3-6-29(33)48(36(45)52)30-14-15-32(49)43-35(30)51)46-17-16-25(20-46)53-24-11-9-23(10-12-24)47-19-21-18-22(8-13-26(21)44-47)41-34(50)27-4-2-7-31(42-27)37(38,39)40/h2-8,13,18-19,23-25,30H,9-12,14-17,20H2,1H3,(H,41,50)(H,43,49,51)/t23-,24-,25?,30?. The molecule has 3 aliphatic rings. The average Bonchev–Trinajstić information content (AvgIpc) is 3.85. The number of carbonyl (C=O) groups excluding carboxylic acids is 3. The average molecular weight is 731 g/mol. The topological polar surface area (TPSA) is 145 Å². The second-order valence-electron chi connectivity index (χ2n) is 14.0. The van der Waals surface area contributed by atoms with E-state index in [-0.39, 0.29) is 48.4 Å². The Labute approximate surface area is 300 Å². The number of rotatable bonds is 7. The summed E-state index contributed by atoms with van der Waals surface area (Å²) in [6.45, 7) is 1.43. The molecule has 3 fully saturated rings. The van der Waals surface area contributed by atoms with E-state index in [2.05, 4.69) is 20.5 Å². The van der Waals surface area contributed by atoms with Crippen LogP contribution < -0.4 is 21.2 Å². The van der Waals surface area contributed by atoms with Crippen LogP contribution in [0, 0.1) is 0 Å². The number of aryl methyl sites for hydroxylation is 1. The minimum Gasteiger partial charge on any atom is -0.373 e. The van der Waals surface area contributed by atoms with Crippen LogP contribution in [0.1, 0.15) is 73.2 Å². The summed E-state index contributed by atoms with van der Waals surface area (Å²) < 4.78 is 50.8. The van der Waals surface area contributed by atoms with Crippen LogP contribution in [0.25, 0.3) is 21.9 Å². The quantitative estimate of drug-likeness (QED) is 0.220. The van der Waals surface area contributed by atoms with E-state index in [9.17, 15) is 32.3 Å². The molecular weight excluding hydrogens is 693 g/mol. The van der Waals surface area contributed by atoms with E-state index in [1.165, 1.54) is 10.6 Å². The Morgan fingerprint density at radius 2 is 1.75 bits per heavy atom. The molecule has 2 aromatic carbocycles. The van der Waals surface area contributed by atoms with Gasteiger partial charge in [-0.15, -0.1) is 0 Å². The van der Waals surface area contributed by atoms with Crippen molar-refractivity contribution in [1.82, 2.24) is 29.2 Å². The monoisotopic (exact) mass is 730 g/mol. The van der Waals surface area contributed by atoms with Crippen LogP contribution in [0.3, 0.4) is 0 Å². The van der Waals surface area contributed by atoms with Crippen molar-refractivity contribution >= 4 is 51.0 Å². The number of fused-ring (bicyclic) bond motifs is 2. The fraction of sp³-hybridized carbons (Fsp3) is 0.405. The Morgan fingerprint density at radius 3 is 2.53 bits per heavy atom. The van der Waals surface area contributed by atoms with Crippen LogP contribution in [-0.4, -0.2) is 66.9 Å². The number of alkyl halides is 3. The van der Waals surface area contributed by atoms with Crippen molar-refractivity contribution in [2.75, 3.05) is 23.3 Å². The Morgan fingerprint density at radius 1 is 0.962 bits per heavy atom. The second-order valence-corrected chi connectivity index (χ2v) is 14.0. The van der Waals surface area contributed by atoms with Crippen molar-refractivity contribution in [2.45, 2.75) is 75.4 Å². The highest BCUT2D eigenvalue weighted by Gasteiger charge is 2.35. The number of nitrogens with zero attached hydrogens (tertiary/aromatic N) is 6. The Bertz CT molecular complexity index is 2300. The molecule has 1 saturated carbocycles. The summed E-state index contributed by atoms with van der Waals surface area (Å²) in [7, 11) is 1.71. The zero-order valence-electron chi connectivity index (χ0n) is 28.8. The van der Waals surface area contributed by atoms with Gasteiger partial charge in [-0.05, 0) is 81.0 Å². The first-order valence-electron chi connectivity index (χ1n) is 17.7. The van der Waals surface area contributed by atoms with Crippen molar-refractivity contribution in [3.63, 3.8) is 0 Å². The molecule has 53 heavy (non-hydrogen) atoms. The van der Waals surface area contributed by atoms with E-state index in [1.807, 2.05) is 29.1 Å². The molecule has 5 aromatic rings. The number of pyridine rings is 1. The Hall–Kier alpha value is -5.51. The number of hydrogen-bond acceptors (Lipinski definition) is 8. The van der Waals surface area contributed by atoms with E-state index in [1.54, 1.807) is 29.8 Å². The van der Waals surface area contributed by atoms with Gasteiger partial charge in [-0.25, -0.2) is 9.78 Å². The van der Waals surface area contributed by atoms with Crippen LogP contribution in [0.5, 0.6) is 0 Å². The number of anilines is 2. The molecule has 1 aliphatic carbocycles. The summed E-state index contributed by atoms with van der Waals surface area (Å²) in [6, 6.07) is 13.5. The number of aromatic nitrogens is 5. The van der Waals surface area contributed by atoms with Gasteiger partial charge < -0.3 is 15.0 Å². The van der Waals surface area contributed by atoms with E-state index >= 15 is 0 Å². The minimum absolute atomic E-state index is 0.0214. The molecule has 0 radical (unpaired) electrons. The molecule has 2 aliphatic heterocycles. The summed E-state index contributed by atoms with van der Waals surface area (Å²) in [6.07, 6.45) is 2.16. The molecule has 2 saturated heterocycles. The minimum atomic E-state index is -4.65. The predicted octanol–water partition coefficient (Wildman–Crippen LogP) is 5.11. The molecule has 276 valence electrons. The van der Waals surface area contributed by atoms with Gasteiger partial charge in [0.25, 0.3) is 5.91 Å². The molecule has 5 heterocycles. The van der Waals surface area contributed by atoms with Crippen LogP contribution in [-0.2, 0) is 27.5 Å². The van der Waals surface area contributed by atoms with Crippen molar-refractivity contribution in [1.29, 1.82) is 0 Å². The van der Waals surface area contributed by atoms with Gasteiger partial charge in [-0.3, -0.25) is 33.5 Å². The number of imidazole rings is 1. The van der Waals surface area contributed by atoms with E-state index in [0.29, 0.717) is 17.7 Å². The van der Waals surface area contributed by atoms with Gasteiger partial charge >= 0.3 is 11.9 Å². The van der Waals surface area contributed by atoms with Gasteiger partial charge in [0.2, 0.25) is 11.8 Å². The molecule has 8 rings (SSSR count). The van der Waals surface area contributed by atoms with Gasteiger partial charge in [0.05, 0.1) is 40.5 Å². The maximum Gasteiger partial charge on any atom is 0.433 e. The lowest BCUT2D eigenvalue weighted by Gasteiger charge is -2.30. The number of nitrogens with one attached hydrogen (secondary N) is 2. The molecule has 13 nitrogen and oxygen atoms in total. The zero-order valence-corrected chi connectivity index (χ0v) is 28.8. The fourth-order valence-corrected chi connectivity index (χ4v) is 7.90. The van der Waals surface area contributed by atoms with Gasteiger partial charge in [-0.1, -0.05) is 12.1 Å². The second kappa shape index (κ2) is 13.5. The first kappa shape index (κ1) is 34.6. The van der Waals surface area contributed by atoms with Crippen molar-refractivity contribution < 1.29 is 32.3 Å². The SMILES string of the molecule is Cn1c(=O)n(C2CCC(=O)NC2=O)c2cccc(N3CCC(O[C@H]4CC[C@H](n5cc6cc(NC(=O)c7cccc(C(F)(F)F)n7)ccc6n5)CC4)C3)c21. The fourth-order valence-electron chi connectivity index (χ4n) is 7.90. The zero-order chi connectivity index (χ0) is 37.0. The van der Waals surface area contributed by atoms with Gasteiger partial charge in [0.1, 0.15) is 17.4 Å². The maximum atomic E-state index is 13.4. The number of benzene rings is 2. The highest BCUT2D eigenvalue weighted by Crippen LogP contribution is 2.35. The van der Waals surface area contributed by atoms with E-state index < -0.39 is 29.7 Å². The largest absolute Gasteiger partial charge is 0.433 e. The maximum absolute atomic E-state index is 13.4. The lowest BCUT2D eigenvalue weighted by atomic mass is 9.93. The molecule has 3 aromatic heterocycles. The first-order valence-corrected chi connectivity index (χ1v) is 17.7. The highest BCUT2D eigenvalue weighted by atomic mass is 19.4. The van der Waals surface area contributed by atoms with Crippen molar-refractivity contribution in [3.8, 4) is 0 Å². The molecule has 2 unspecified atom stereocenters. The number of para-hydroxylation sites is 1. The summed E-state index contributed by atoms with van der Waals surface area (Å²) in [5.41, 5.74) is 1.72. The summed E-state index contributed by atoms with van der Waals surface area (Å²) in [5, 5.41) is 10.6. The molecule has 0 bridgehead atoms. The summed E-state index contributed by atoms with van der Waals surface area (Å²) in [5.74, 6) is -1.52. The third-order valence-electron chi connectivity index (χ3n) is 10.5. The number of piperidine rings is 1. The van der Waals surface area contributed by atoms with Crippen LogP contribution in [0.4, 0.5) is 24.5 Å². The van der Waals surface area contributed by atoms with E-state index in [0.717, 1.165) is 72.9 Å². The smallest absolute Gasteiger partial charge is 0.373 e. The van der Waals surface area contributed by atoms with Crippen molar-refractivity contribution in [2.24, 2.45) is 7.05 Å². The lowest BCUT2D eigenvalue weighted by Crippen LogP contribution is -2.44. The number of carbonyl (C=O) groups is 3. The molecular formula is C37H37F3N8O5. The Balaban J connectivity index is 0.882. The number of imide groups is 1. The predicted molar refractivity (Wildman–Crippen MR) is 189 cm³/mol. The van der Waals surface area contributed by atoms with Gasteiger partial charge in [0, 0.05) is 43.8 Å². The lowest BCUT2D eigenvalue weighted by molar-refractivity contribution is -0.141. The van der Waals surface area contributed by atoms with Gasteiger partial charge in [0.15, 0.2) is 0 Å². The molecule has 0 spiro atoms. The molecule has 2 N–H and O–H groups in total. The van der Waals surface area contributed by atoms with Crippen LogP contribution >= 0.6 is 0 Å². The molecule has 3 amide bonds. The molecule has 2 atom stereocenters. The first-order chi connectivity index (χ1) is 25.4. The number of amides is 3. The summed E-state index contributed by atoms with van der Waals surface area (Å²) in [4.78, 5) is 56.2. The summed E-state index contributed by atoms with van der Waals surface area (Å²) >= 11 is 0. The van der Waals surface area contributed by atoms with Crippen molar-refractivity contribution in [3.05, 3.63) is 82.7 Å². The molecule has 16 heteroatoms. The highest BCUT2D eigenvalue weighted by molar-refractivity contribution is 6.04.